The normalized spacial score (nSPS) is 22.0. The lowest BCUT2D eigenvalue weighted by Gasteiger charge is -2.00. The fourth-order valence-corrected chi connectivity index (χ4v) is 1.02. The molecule has 1 atom stereocenters. The third kappa shape index (κ3) is 1.19. The second kappa shape index (κ2) is 2.31. The number of Topliss-reactive ketones (excluding diaryl/α,β-unsaturated/α-hetero) is 1. The van der Waals surface area contributed by atoms with Crippen molar-refractivity contribution in [2.75, 3.05) is 0 Å². The van der Waals surface area contributed by atoms with Crippen molar-refractivity contribution in [3.05, 3.63) is 11.6 Å². The summed E-state index contributed by atoms with van der Waals surface area (Å²) in [6, 6.07) is 0. The van der Waals surface area contributed by atoms with Gasteiger partial charge in [-0.15, -0.1) is 0 Å². The SMILES string of the molecule is CC(O)C1=CCCC1=O. The van der Waals surface area contributed by atoms with E-state index < -0.39 is 6.10 Å². The van der Waals surface area contributed by atoms with Crippen LogP contribution in [0, 0.1) is 0 Å². The first-order chi connectivity index (χ1) is 4.22. The van der Waals surface area contributed by atoms with Crippen LogP contribution >= 0.6 is 0 Å². The van der Waals surface area contributed by atoms with Gasteiger partial charge in [-0.3, -0.25) is 4.79 Å². The highest BCUT2D eigenvalue weighted by atomic mass is 16.3. The molecular weight excluding hydrogens is 116 g/mol. The summed E-state index contributed by atoms with van der Waals surface area (Å²) in [5.41, 5.74) is 0.593. The van der Waals surface area contributed by atoms with Crippen molar-refractivity contribution in [3.63, 3.8) is 0 Å². The first kappa shape index (κ1) is 6.49. The average Bonchev–Trinajstić information content (AvgIpc) is 2.13. The molecule has 0 aromatic rings. The predicted octanol–water partition coefficient (Wildman–Crippen LogP) is 0.656. The number of carbonyl (C=O) groups is 1. The van der Waals surface area contributed by atoms with Crippen molar-refractivity contribution in [2.45, 2.75) is 25.9 Å². The number of allylic oxidation sites excluding steroid dienone is 1. The highest BCUT2D eigenvalue weighted by molar-refractivity contribution is 5.98. The van der Waals surface area contributed by atoms with E-state index >= 15 is 0 Å². The molecule has 0 radical (unpaired) electrons. The summed E-state index contributed by atoms with van der Waals surface area (Å²) in [5.74, 6) is 0.102. The summed E-state index contributed by atoms with van der Waals surface area (Å²) in [6.45, 7) is 1.62. The van der Waals surface area contributed by atoms with Crippen LogP contribution in [0.4, 0.5) is 0 Å². The molecule has 1 rings (SSSR count). The van der Waals surface area contributed by atoms with Crippen LogP contribution in [-0.2, 0) is 4.79 Å². The largest absolute Gasteiger partial charge is 0.389 e. The zero-order valence-electron chi connectivity index (χ0n) is 5.42. The minimum absolute atomic E-state index is 0.102. The molecule has 0 spiro atoms. The molecular formula is C7H10O2. The monoisotopic (exact) mass is 126 g/mol. The number of hydrogen-bond acceptors (Lipinski definition) is 2. The Hall–Kier alpha value is -0.630. The Morgan fingerprint density at radius 3 is 2.67 bits per heavy atom. The van der Waals surface area contributed by atoms with Gasteiger partial charge in [0, 0.05) is 12.0 Å². The Kier molecular flexibility index (Phi) is 1.67. The molecule has 50 valence electrons. The third-order valence-corrected chi connectivity index (χ3v) is 1.51. The Bertz CT molecular complexity index is 156. The first-order valence-corrected chi connectivity index (χ1v) is 3.13. The lowest BCUT2D eigenvalue weighted by molar-refractivity contribution is -0.115. The Balaban J connectivity index is 2.68. The molecule has 1 unspecified atom stereocenters. The highest BCUT2D eigenvalue weighted by Gasteiger charge is 2.18. The van der Waals surface area contributed by atoms with E-state index in [1.807, 2.05) is 6.08 Å². The van der Waals surface area contributed by atoms with Crippen molar-refractivity contribution in [1.82, 2.24) is 0 Å². The quantitative estimate of drug-likeness (QED) is 0.560. The van der Waals surface area contributed by atoms with Gasteiger partial charge in [0.05, 0.1) is 6.10 Å². The molecule has 0 aliphatic heterocycles. The van der Waals surface area contributed by atoms with Gasteiger partial charge in [0.1, 0.15) is 0 Å². The minimum atomic E-state index is -0.569. The van der Waals surface area contributed by atoms with Crippen LogP contribution in [0.15, 0.2) is 11.6 Å². The number of aliphatic hydroxyl groups is 1. The van der Waals surface area contributed by atoms with Crippen LogP contribution in [0.1, 0.15) is 19.8 Å². The first-order valence-electron chi connectivity index (χ1n) is 3.13. The van der Waals surface area contributed by atoms with Crippen LogP contribution < -0.4 is 0 Å². The fourth-order valence-electron chi connectivity index (χ4n) is 1.02. The lowest BCUT2D eigenvalue weighted by Crippen LogP contribution is -2.09. The van der Waals surface area contributed by atoms with E-state index in [0.29, 0.717) is 12.0 Å². The lowest BCUT2D eigenvalue weighted by atomic mass is 10.1. The molecule has 0 bridgehead atoms. The Labute approximate surface area is 54.2 Å². The molecule has 1 aliphatic rings. The van der Waals surface area contributed by atoms with Gasteiger partial charge in [0.2, 0.25) is 0 Å². The van der Waals surface area contributed by atoms with Gasteiger partial charge in [-0.2, -0.15) is 0 Å². The smallest absolute Gasteiger partial charge is 0.161 e. The summed E-state index contributed by atoms with van der Waals surface area (Å²) in [6.07, 6.45) is 2.63. The summed E-state index contributed by atoms with van der Waals surface area (Å²) in [5, 5.41) is 8.93. The highest BCUT2D eigenvalue weighted by Crippen LogP contribution is 2.16. The summed E-state index contributed by atoms with van der Waals surface area (Å²) in [7, 11) is 0. The Morgan fingerprint density at radius 2 is 2.44 bits per heavy atom. The molecule has 0 aromatic carbocycles. The predicted molar refractivity (Wildman–Crippen MR) is 34.0 cm³/mol. The molecule has 0 amide bonds. The van der Waals surface area contributed by atoms with E-state index in [4.69, 9.17) is 5.11 Å². The van der Waals surface area contributed by atoms with E-state index in [1.54, 1.807) is 6.92 Å². The zero-order chi connectivity index (χ0) is 6.85. The maximum absolute atomic E-state index is 10.8. The number of ketones is 1. The van der Waals surface area contributed by atoms with Crippen LogP contribution in [0.5, 0.6) is 0 Å². The summed E-state index contributed by atoms with van der Waals surface area (Å²) in [4.78, 5) is 10.8. The standard InChI is InChI=1S/C7H10O2/c1-5(8)6-3-2-4-7(6)9/h3,5,8H,2,4H2,1H3. The van der Waals surface area contributed by atoms with E-state index in [-0.39, 0.29) is 5.78 Å². The molecule has 0 heterocycles. The van der Waals surface area contributed by atoms with Gasteiger partial charge in [0.25, 0.3) is 0 Å². The number of aliphatic hydroxyl groups excluding tert-OH is 1. The van der Waals surface area contributed by atoms with Crippen molar-refractivity contribution in [2.24, 2.45) is 0 Å². The molecule has 0 aromatic heterocycles. The molecule has 1 aliphatic carbocycles. The number of carbonyl (C=O) groups excluding carboxylic acids is 1. The van der Waals surface area contributed by atoms with Gasteiger partial charge in [-0.05, 0) is 13.3 Å². The maximum atomic E-state index is 10.8. The Morgan fingerprint density at radius 1 is 1.78 bits per heavy atom. The van der Waals surface area contributed by atoms with Crippen molar-refractivity contribution >= 4 is 5.78 Å². The van der Waals surface area contributed by atoms with Crippen LogP contribution in [0.25, 0.3) is 0 Å². The average molecular weight is 126 g/mol. The van der Waals surface area contributed by atoms with E-state index in [9.17, 15) is 4.79 Å². The van der Waals surface area contributed by atoms with Gasteiger partial charge in [-0.1, -0.05) is 6.08 Å². The molecule has 0 saturated heterocycles. The van der Waals surface area contributed by atoms with Crippen LogP contribution in [0.3, 0.4) is 0 Å². The van der Waals surface area contributed by atoms with Gasteiger partial charge < -0.3 is 5.11 Å². The van der Waals surface area contributed by atoms with Gasteiger partial charge in [-0.25, -0.2) is 0 Å². The molecule has 0 saturated carbocycles. The van der Waals surface area contributed by atoms with Gasteiger partial charge in [0.15, 0.2) is 5.78 Å². The molecule has 1 N–H and O–H groups in total. The van der Waals surface area contributed by atoms with Gasteiger partial charge >= 0.3 is 0 Å². The molecule has 2 heteroatoms. The van der Waals surface area contributed by atoms with E-state index in [2.05, 4.69) is 0 Å². The van der Waals surface area contributed by atoms with E-state index in [0.717, 1.165) is 6.42 Å². The molecule has 2 nitrogen and oxygen atoms in total. The fraction of sp³-hybridized carbons (Fsp3) is 0.571. The van der Waals surface area contributed by atoms with Crippen LogP contribution in [-0.4, -0.2) is 17.0 Å². The number of rotatable bonds is 1. The van der Waals surface area contributed by atoms with Crippen molar-refractivity contribution in [3.8, 4) is 0 Å². The summed E-state index contributed by atoms with van der Waals surface area (Å²) < 4.78 is 0. The maximum Gasteiger partial charge on any atom is 0.161 e. The minimum Gasteiger partial charge on any atom is -0.389 e. The second-order valence-corrected chi connectivity index (χ2v) is 2.30. The molecule has 9 heavy (non-hydrogen) atoms. The second-order valence-electron chi connectivity index (χ2n) is 2.30. The third-order valence-electron chi connectivity index (χ3n) is 1.51. The van der Waals surface area contributed by atoms with Crippen molar-refractivity contribution < 1.29 is 9.90 Å². The van der Waals surface area contributed by atoms with E-state index in [1.165, 1.54) is 0 Å². The van der Waals surface area contributed by atoms with Crippen molar-refractivity contribution in [1.29, 1.82) is 0 Å². The number of hydrogen-bond donors (Lipinski definition) is 1. The zero-order valence-corrected chi connectivity index (χ0v) is 5.42. The topological polar surface area (TPSA) is 37.3 Å². The molecule has 0 fully saturated rings. The van der Waals surface area contributed by atoms with Crippen LogP contribution in [0.2, 0.25) is 0 Å². The summed E-state index contributed by atoms with van der Waals surface area (Å²) >= 11 is 0.